The van der Waals surface area contributed by atoms with Crippen molar-refractivity contribution >= 4 is 21.7 Å². The quantitative estimate of drug-likeness (QED) is 0.353. The van der Waals surface area contributed by atoms with Crippen molar-refractivity contribution in [2.75, 3.05) is 13.1 Å². The molecule has 6 bridgehead atoms. The number of fused-ring (bicyclic) bond motifs is 9. The lowest BCUT2D eigenvalue weighted by Crippen LogP contribution is -2.55. The van der Waals surface area contributed by atoms with E-state index in [-0.39, 0.29) is 6.10 Å². The van der Waals surface area contributed by atoms with Gasteiger partial charge in [-0.05, 0) is 83.5 Å². The minimum Gasteiger partial charge on any atom is -0.484 e. The third kappa shape index (κ3) is 2.67. The maximum atomic E-state index is 6.95. The van der Waals surface area contributed by atoms with Gasteiger partial charge in [0.05, 0.1) is 11.6 Å². The van der Waals surface area contributed by atoms with Gasteiger partial charge >= 0.3 is 0 Å². The van der Waals surface area contributed by atoms with Crippen molar-refractivity contribution in [3.63, 3.8) is 0 Å². The smallest absolute Gasteiger partial charge is 0.140 e. The lowest BCUT2D eigenvalue weighted by Gasteiger charge is -2.51. The summed E-state index contributed by atoms with van der Waals surface area (Å²) in [6, 6.07) is 22.3. The third-order valence-electron chi connectivity index (χ3n) is 7.99. The third-order valence-corrected chi connectivity index (χ3v) is 7.99. The van der Waals surface area contributed by atoms with E-state index in [9.17, 15) is 0 Å². The van der Waals surface area contributed by atoms with Gasteiger partial charge in [0.2, 0.25) is 0 Å². The molecule has 0 saturated carbocycles. The summed E-state index contributed by atoms with van der Waals surface area (Å²) in [7, 11) is 0. The molecule has 0 N–H and O–H groups in total. The Hall–Kier alpha value is -3.17. The van der Waals surface area contributed by atoms with Crippen molar-refractivity contribution in [1.82, 2.24) is 9.88 Å². The Bertz CT molecular complexity index is 1380. The first-order valence-corrected chi connectivity index (χ1v) is 11.7. The molecule has 32 heavy (non-hydrogen) atoms. The van der Waals surface area contributed by atoms with Crippen LogP contribution >= 0.6 is 0 Å². The maximum absolute atomic E-state index is 6.95. The lowest BCUT2D eigenvalue weighted by atomic mass is 9.73. The summed E-state index contributed by atoms with van der Waals surface area (Å²) in [5.41, 5.74) is 4.76. The number of pyridine rings is 1. The van der Waals surface area contributed by atoms with Crippen LogP contribution in [-0.2, 0) is 0 Å². The van der Waals surface area contributed by atoms with Crippen LogP contribution in [-0.4, -0.2) is 29.0 Å². The number of nitrogens with zero attached hydrogens (tertiary/aromatic N) is 2. The topological polar surface area (TPSA) is 25.4 Å². The Kier molecular flexibility index (Phi) is 3.98. The van der Waals surface area contributed by atoms with E-state index in [2.05, 4.69) is 83.2 Å². The van der Waals surface area contributed by atoms with Gasteiger partial charge in [-0.3, -0.25) is 9.88 Å². The first kappa shape index (κ1) is 18.4. The van der Waals surface area contributed by atoms with Gasteiger partial charge < -0.3 is 4.74 Å². The molecule has 5 unspecified atom stereocenters. The molecule has 8 rings (SSSR count). The van der Waals surface area contributed by atoms with Crippen LogP contribution in [0.1, 0.15) is 24.5 Å². The van der Waals surface area contributed by atoms with Crippen molar-refractivity contribution in [2.45, 2.75) is 25.0 Å². The van der Waals surface area contributed by atoms with Gasteiger partial charge in [0.15, 0.2) is 0 Å². The molecule has 3 nitrogen and oxygen atoms in total. The van der Waals surface area contributed by atoms with E-state index in [1.165, 1.54) is 39.3 Å². The fourth-order valence-electron chi connectivity index (χ4n) is 6.36. The Balaban J connectivity index is 1.46. The Morgan fingerprint density at radius 1 is 1.03 bits per heavy atom. The molecule has 0 amide bonds. The van der Waals surface area contributed by atoms with Gasteiger partial charge in [-0.1, -0.05) is 36.4 Å². The monoisotopic (exact) mass is 418 g/mol. The molecule has 4 aliphatic heterocycles. The van der Waals surface area contributed by atoms with Crippen LogP contribution in [0.2, 0.25) is 0 Å². The molecule has 5 heterocycles. The molecule has 3 aromatic carbocycles. The highest BCUT2D eigenvalue weighted by Gasteiger charge is 2.44. The summed E-state index contributed by atoms with van der Waals surface area (Å²) >= 11 is 0. The normalized spacial score (nSPS) is 28.2. The Morgan fingerprint density at radius 2 is 1.97 bits per heavy atom. The van der Waals surface area contributed by atoms with Crippen LogP contribution in [0, 0.1) is 11.8 Å². The van der Waals surface area contributed by atoms with Crippen LogP contribution in [0.25, 0.3) is 32.8 Å². The summed E-state index contributed by atoms with van der Waals surface area (Å²) in [6.45, 7) is 6.35. The molecule has 3 saturated heterocycles. The average Bonchev–Trinajstić information content (AvgIpc) is 2.90. The first-order chi connectivity index (χ1) is 15.8. The van der Waals surface area contributed by atoms with E-state index in [1.807, 2.05) is 6.20 Å². The standard InChI is InChI=1S/C29H26N2O/c1-2-18-17-31-12-10-19(18)15-28(31)29-24-9-11-30-27-8-7-21(14-26(24)27)25-16-22(32-29)13-20-5-3-4-6-23(20)25/h2-9,11,13-14,16,18-19,28-29H,1,10,12,15,17H2. The number of piperidine rings is 3. The van der Waals surface area contributed by atoms with Crippen molar-refractivity contribution in [1.29, 1.82) is 0 Å². The second-order valence-electron chi connectivity index (χ2n) is 9.61. The number of hydrogen-bond donors (Lipinski definition) is 0. The molecule has 5 atom stereocenters. The zero-order valence-electron chi connectivity index (χ0n) is 18.1. The summed E-state index contributed by atoms with van der Waals surface area (Å²) < 4.78 is 6.95. The zero-order valence-corrected chi connectivity index (χ0v) is 18.1. The first-order valence-electron chi connectivity index (χ1n) is 11.7. The van der Waals surface area contributed by atoms with E-state index in [4.69, 9.17) is 4.74 Å². The molecule has 4 aliphatic rings. The van der Waals surface area contributed by atoms with Crippen LogP contribution in [0.15, 0.2) is 79.5 Å². The number of aromatic nitrogens is 1. The van der Waals surface area contributed by atoms with Crippen LogP contribution in [0.3, 0.4) is 0 Å². The number of hydrogen-bond acceptors (Lipinski definition) is 3. The number of rotatable bonds is 2. The highest BCUT2D eigenvalue weighted by atomic mass is 16.5. The predicted molar refractivity (Wildman–Crippen MR) is 130 cm³/mol. The highest BCUT2D eigenvalue weighted by molar-refractivity contribution is 6.00. The minimum atomic E-state index is -0.0172. The molecule has 0 radical (unpaired) electrons. The molecule has 4 aromatic rings. The maximum Gasteiger partial charge on any atom is 0.140 e. The van der Waals surface area contributed by atoms with Gasteiger partial charge in [0, 0.05) is 23.7 Å². The molecule has 158 valence electrons. The molecule has 1 aromatic heterocycles. The van der Waals surface area contributed by atoms with Crippen molar-refractivity contribution in [3.8, 4) is 16.9 Å². The highest BCUT2D eigenvalue weighted by Crippen LogP contribution is 2.46. The summed E-state index contributed by atoms with van der Waals surface area (Å²) in [5, 5.41) is 3.70. The minimum absolute atomic E-state index is 0.0172. The molecule has 3 fully saturated rings. The van der Waals surface area contributed by atoms with Crippen LogP contribution in [0.5, 0.6) is 5.75 Å². The number of benzene rings is 3. The summed E-state index contributed by atoms with van der Waals surface area (Å²) in [5.74, 6) is 2.26. The Labute approximate surface area is 188 Å². The predicted octanol–water partition coefficient (Wildman–Crippen LogP) is 6.38. The van der Waals surface area contributed by atoms with Gasteiger partial charge in [0.25, 0.3) is 0 Å². The summed E-state index contributed by atoms with van der Waals surface area (Å²) in [6.07, 6.45) is 6.52. The second-order valence-corrected chi connectivity index (χ2v) is 9.61. The van der Waals surface area contributed by atoms with Gasteiger partial charge in [-0.15, -0.1) is 6.58 Å². The SMILES string of the molecule is C=CC1CN2CCC1CC2C1Oc2cc(c3ccccc3c2)-c2ccc3nccc1c3c2. The molecule has 0 aliphatic carbocycles. The van der Waals surface area contributed by atoms with E-state index in [0.29, 0.717) is 17.9 Å². The lowest BCUT2D eigenvalue weighted by molar-refractivity contribution is -0.0356. The summed E-state index contributed by atoms with van der Waals surface area (Å²) in [4.78, 5) is 7.33. The van der Waals surface area contributed by atoms with Gasteiger partial charge in [-0.2, -0.15) is 0 Å². The van der Waals surface area contributed by atoms with Crippen molar-refractivity contribution < 1.29 is 4.74 Å². The van der Waals surface area contributed by atoms with Crippen LogP contribution < -0.4 is 4.74 Å². The van der Waals surface area contributed by atoms with Crippen molar-refractivity contribution in [3.05, 3.63) is 85.1 Å². The largest absolute Gasteiger partial charge is 0.484 e. The van der Waals surface area contributed by atoms with Gasteiger partial charge in [0.1, 0.15) is 11.9 Å². The zero-order chi connectivity index (χ0) is 21.2. The molecule has 3 heteroatoms. The van der Waals surface area contributed by atoms with Crippen LogP contribution in [0.4, 0.5) is 0 Å². The second kappa shape index (κ2) is 6.91. The van der Waals surface area contributed by atoms with Crippen molar-refractivity contribution in [2.24, 2.45) is 11.8 Å². The fourth-order valence-corrected chi connectivity index (χ4v) is 6.36. The van der Waals surface area contributed by atoms with E-state index in [1.54, 1.807) is 0 Å². The Morgan fingerprint density at radius 3 is 2.84 bits per heavy atom. The van der Waals surface area contributed by atoms with E-state index < -0.39 is 0 Å². The molecular weight excluding hydrogens is 392 g/mol. The van der Waals surface area contributed by atoms with E-state index >= 15 is 0 Å². The van der Waals surface area contributed by atoms with E-state index in [0.717, 1.165) is 30.8 Å². The average molecular weight is 419 g/mol. The molecular formula is C29H26N2O. The fraction of sp³-hybridized carbons (Fsp3) is 0.276. The van der Waals surface area contributed by atoms with Gasteiger partial charge in [-0.25, -0.2) is 0 Å². The molecule has 0 spiro atoms. The number of ether oxygens (including phenoxy) is 1.